The Morgan fingerprint density at radius 3 is 2.69 bits per heavy atom. The average molecular weight is 405 g/mol. The summed E-state index contributed by atoms with van der Waals surface area (Å²) in [4.78, 5) is 15.7. The lowest BCUT2D eigenvalue weighted by Gasteiger charge is -2.45. The van der Waals surface area contributed by atoms with Crippen LogP contribution in [-0.4, -0.2) is 29.2 Å². The summed E-state index contributed by atoms with van der Waals surface area (Å²) in [5.41, 5.74) is 3.13. The van der Waals surface area contributed by atoms with Crippen molar-refractivity contribution in [3.63, 3.8) is 0 Å². The Morgan fingerprint density at radius 1 is 1.42 bits per heavy atom. The zero-order valence-corrected chi connectivity index (χ0v) is 15.0. The van der Waals surface area contributed by atoms with Gasteiger partial charge in [-0.2, -0.15) is 8.78 Å². The number of amides is 1. The molecule has 2 unspecified atom stereocenters. The molecule has 0 aliphatic heterocycles. The van der Waals surface area contributed by atoms with Gasteiger partial charge in [-0.25, -0.2) is 0 Å². The minimum Gasteiger partial charge on any atom is -0.366 e. The van der Waals surface area contributed by atoms with E-state index in [0.29, 0.717) is 0 Å². The molecule has 0 bridgehead atoms. The second-order valence-electron chi connectivity index (χ2n) is 6.13. The van der Waals surface area contributed by atoms with Crippen LogP contribution in [0.15, 0.2) is 47.2 Å². The summed E-state index contributed by atoms with van der Waals surface area (Å²) in [5, 5.41) is -2.31. The predicted octanol–water partition coefficient (Wildman–Crippen LogP) is 3.43. The van der Waals surface area contributed by atoms with Crippen LogP contribution in [0.2, 0.25) is 0 Å². The molecular formula is C17H16Cl2F2N2O3. The molecule has 140 valence electrons. The van der Waals surface area contributed by atoms with Gasteiger partial charge in [0.1, 0.15) is 0 Å². The number of primary amides is 1. The van der Waals surface area contributed by atoms with E-state index in [1.54, 1.807) is 12.1 Å². The van der Waals surface area contributed by atoms with Crippen LogP contribution in [0.1, 0.15) is 18.5 Å². The Morgan fingerprint density at radius 2 is 2.15 bits per heavy atom. The Hall–Kier alpha value is -1.54. The minimum atomic E-state index is -3.23. The highest BCUT2D eigenvalue weighted by atomic mass is 35.5. The monoisotopic (exact) mass is 404 g/mol. The molecule has 26 heavy (non-hydrogen) atoms. The molecule has 2 atom stereocenters. The molecule has 0 aromatic carbocycles. The molecular weight excluding hydrogens is 389 g/mol. The Labute approximate surface area is 158 Å². The SMILES string of the molecule is NC(=O)C1=CC(Cl)(OCC2CC2)C(OC(F)F)(c2ccccn2)C(Cl)=C1. The highest BCUT2D eigenvalue weighted by Crippen LogP contribution is 2.53. The number of aromatic nitrogens is 1. The third-order valence-electron chi connectivity index (χ3n) is 4.24. The lowest BCUT2D eigenvalue weighted by molar-refractivity contribution is -0.240. The van der Waals surface area contributed by atoms with Gasteiger partial charge in [-0.15, -0.1) is 0 Å². The van der Waals surface area contributed by atoms with Crippen molar-refractivity contribution in [3.8, 4) is 0 Å². The van der Waals surface area contributed by atoms with E-state index in [1.165, 1.54) is 12.3 Å². The third-order valence-corrected chi connectivity index (χ3v) is 5.10. The van der Waals surface area contributed by atoms with Crippen LogP contribution in [0, 0.1) is 5.92 Å². The van der Waals surface area contributed by atoms with E-state index in [1.807, 2.05) is 0 Å². The number of hydrogen-bond donors (Lipinski definition) is 1. The molecule has 1 fully saturated rings. The molecule has 1 heterocycles. The van der Waals surface area contributed by atoms with Gasteiger partial charge in [0.2, 0.25) is 11.0 Å². The van der Waals surface area contributed by atoms with E-state index in [0.717, 1.165) is 25.0 Å². The quantitative estimate of drug-likeness (QED) is 0.706. The van der Waals surface area contributed by atoms with Gasteiger partial charge in [0.25, 0.3) is 0 Å². The lowest BCUT2D eigenvalue weighted by Crippen LogP contribution is -2.54. The van der Waals surface area contributed by atoms with Crippen molar-refractivity contribution in [2.75, 3.05) is 6.61 Å². The highest BCUT2D eigenvalue weighted by Gasteiger charge is 2.60. The maximum absolute atomic E-state index is 13.4. The maximum Gasteiger partial charge on any atom is 0.346 e. The van der Waals surface area contributed by atoms with Crippen LogP contribution >= 0.6 is 23.2 Å². The van der Waals surface area contributed by atoms with Gasteiger partial charge in [0.15, 0.2) is 5.60 Å². The van der Waals surface area contributed by atoms with Crippen LogP contribution in [0.25, 0.3) is 0 Å². The van der Waals surface area contributed by atoms with E-state index >= 15 is 0 Å². The molecule has 0 radical (unpaired) electrons. The zero-order chi connectivity index (χ0) is 18.9. The first kappa shape index (κ1) is 19.2. The smallest absolute Gasteiger partial charge is 0.346 e. The van der Waals surface area contributed by atoms with Crippen LogP contribution < -0.4 is 5.73 Å². The topological polar surface area (TPSA) is 74.4 Å². The minimum absolute atomic E-state index is 0.0205. The molecule has 2 aliphatic rings. The van der Waals surface area contributed by atoms with Crippen molar-refractivity contribution in [3.05, 3.63) is 52.8 Å². The van der Waals surface area contributed by atoms with Crippen molar-refractivity contribution in [2.24, 2.45) is 11.7 Å². The fourth-order valence-corrected chi connectivity index (χ4v) is 3.62. The van der Waals surface area contributed by atoms with E-state index < -0.39 is 23.2 Å². The number of ether oxygens (including phenoxy) is 2. The molecule has 1 amide bonds. The van der Waals surface area contributed by atoms with Crippen molar-refractivity contribution >= 4 is 29.1 Å². The standard InChI is InChI=1S/C17H16Cl2F2N2O3/c18-12-7-11(14(22)24)8-16(19,25-9-10-4-5-10)17(12,26-15(20)21)13-3-1-2-6-23-13/h1-3,6-8,10,15H,4-5,9H2,(H2,22,24). The van der Waals surface area contributed by atoms with Gasteiger partial charge in [-0.1, -0.05) is 29.3 Å². The summed E-state index contributed by atoms with van der Waals surface area (Å²) < 4.78 is 37.4. The van der Waals surface area contributed by atoms with Crippen molar-refractivity contribution in [1.29, 1.82) is 0 Å². The van der Waals surface area contributed by atoms with Gasteiger partial charge in [0.05, 0.1) is 17.3 Å². The fraction of sp³-hybridized carbons (Fsp3) is 0.412. The molecule has 3 rings (SSSR count). The number of nitrogens with zero attached hydrogens (tertiary/aromatic N) is 1. The number of halogens is 4. The second kappa shape index (κ2) is 7.23. The highest BCUT2D eigenvalue weighted by molar-refractivity contribution is 6.34. The van der Waals surface area contributed by atoms with Crippen molar-refractivity contribution < 1.29 is 23.0 Å². The van der Waals surface area contributed by atoms with E-state index in [2.05, 4.69) is 4.98 Å². The first-order valence-electron chi connectivity index (χ1n) is 7.89. The van der Waals surface area contributed by atoms with Gasteiger partial charge in [0, 0.05) is 11.8 Å². The second-order valence-corrected chi connectivity index (χ2v) is 7.10. The Kier molecular flexibility index (Phi) is 5.35. The van der Waals surface area contributed by atoms with Gasteiger partial charge >= 0.3 is 6.61 Å². The van der Waals surface area contributed by atoms with Crippen LogP contribution in [-0.2, 0) is 19.9 Å². The zero-order valence-electron chi connectivity index (χ0n) is 13.5. The van der Waals surface area contributed by atoms with Crippen LogP contribution in [0.5, 0.6) is 0 Å². The summed E-state index contributed by atoms with van der Waals surface area (Å²) in [6.45, 7) is -3.04. The summed E-state index contributed by atoms with van der Waals surface area (Å²) >= 11 is 13.0. The molecule has 5 nitrogen and oxygen atoms in total. The molecule has 1 aromatic heterocycles. The first-order chi connectivity index (χ1) is 12.3. The summed E-state index contributed by atoms with van der Waals surface area (Å²) in [7, 11) is 0. The van der Waals surface area contributed by atoms with Gasteiger partial charge in [-0.3, -0.25) is 14.5 Å². The number of alkyl halides is 3. The van der Waals surface area contributed by atoms with Gasteiger partial charge < -0.3 is 10.5 Å². The number of pyridine rings is 1. The third kappa shape index (κ3) is 3.49. The normalized spacial score (nSPS) is 28.7. The number of hydrogen-bond acceptors (Lipinski definition) is 4. The molecule has 2 N–H and O–H groups in total. The number of carbonyl (C=O) groups is 1. The lowest BCUT2D eigenvalue weighted by atomic mass is 9.84. The van der Waals surface area contributed by atoms with Crippen LogP contribution in [0.3, 0.4) is 0 Å². The Balaban J connectivity index is 2.16. The largest absolute Gasteiger partial charge is 0.366 e. The average Bonchev–Trinajstić information content (AvgIpc) is 3.41. The number of rotatable bonds is 7. The molecule has 0 saturated heterocycles. The van der Waals surface area contributed by atoms with Gasteiger partial charge in [-0.05, 0) is 43.0 Å². The molecule has 1 aromatic rings. The van der Waals surface area contributed by atoms with Crippen LogP contribution in [0.4, 0.5) is 8.78 Å². The summed E-state index contributed by atoms with van der Waals surface area (Å²) in [5.74, 6) is -0.566. The molecule has 9 heteroatoms. The van der Waals surface area contributed by atoms with E-state index in [9.17, 15) is 13.6 Å². The number of carbonyl (C=O) groups excluding carboxylic acids is 1. The first-order valence-corrected chi connectivity index (χ1v) is 8.65. The summed E-state index contributed by atoms with van der Waals surface area (Å²) in [6.07, 6.45) is 5.57. The maximum atomic E-state index is 13.4. The molecule has 0 spiro atoms. The fourth-order valence-electron chi connectivity index (χ4n) is 2.75. The van der Waals surface area contributed by atoms with E-state index in [4.69, 9.17) is 38.4 Å². The van der Waals surface area contributed by atoms with Crippen molar-refractivity contribution in [1.82, 2.24) is 4.98 Å². The number of nitrogens with two attached hydrogens (primary N) is 1. The molecule has 2 aliphatic carbocycles. The Bertz CT molecular complexity index is 756. The molecule has 1 saturated carbocycles. The van der Waals surface area contributed by atoms with E-state index in [-0.39, 0.29) is 28.8 Å². The predicted molar refractivity (Wildman–Crippen MR) is 91.5 cm³/mol. The van der Waals surface area contributed by atoms with Crippen molar-refractivity contribution in [2.45, 2.75) is 30.1 Å². The summed E-state index contributed by atoms with van der Waals surface area (Å²) in [6, 6.07) is 4.62.